The normalized spacial score (nSPS) is 12.1. The second kappa shape index (κ2) is 9.93. The number of rotatable bonds is 7. The lowest BCUT2D eigenvalue weighted by molar-refractivity contribution is -0.147. The van der Waals surface area contributed by atoms with E-state index in [-0.39, 0.29) is 13.0 Å². The summed E-state index contributed by atoms with van der Waals surface area (Å²) in [5.41, 5.74) is 1.67. The Morgan fingerprint density at radius 3 is 2.32 bits per heavy atom. The van der Waals surface area contributed by atoms with Crippen LogP contribution in [0, 0.1) is 0 Å². The van der Waals surface area contributed by atoms with Crippen molar-refractivity contribution in [3.05, 3.63) is 78.4 Å². The third-order valence-corrected chi connectivity index (χ3v) is 4.20. The molecule has 0 bridgehead atoms. The summed E-state index contributed by atoms with van der Waals surface area (Å²) in [5, 5.41) is 2.57. The van der Waals surface area contributed by atoms with Crippen LogP contribution in [0.3, 0.4) is 0 Å². The third kappa shape index (κ3) is 6.99. The Morgan fingerprint density at radius 2 is 1.68 bits per heavy atom. The lowest BCUT2D eigenvalue weighted by Gasteiger charge is -2.22. The molecule has 1 atom stereocenters. The van der Waals surface area contributed by atoms with Crippen molar-refractivity contribution in [1.29, 1.82) is 0 Å². The number of benzene rings is 2. The van der Waals surface area contributed by atoms with E-state index in [0.717, 1.165) is 11.1 Å². The molecule has 7 heteroatoms. The summed E-state index contributed by atoms with van der Waals surface area (Å²) in [6, 6.07) is 17.8. The molecule has 1 amide bonds. The standard InChI is InChI=1S/C24H26N2O5/c1-24(2,3)31-23(28)26-19(22(27)30-15-17-10-6-4-7-11-17)14-21-25-20(16-29-21)18-12-8-5-9-13-18/h4-13,16,19H,14-15H2,1-3H3,(H,26,28)/t19-/m0/s1. The molecule has 0 aliphatic rings. The van der Waals surface area contributed by atoms with Crippen molar-refractivity contribution in [3.8, 4) is 11.3 Å². The first-order valence-electron chi connectivity index (χ1n) is 10.00. The molecule has 0 radical (unpaired) electrons. The average Bonchev–Trinajstić information content (AvgIpc) is 3.20. The van der Waals surface area contributed by atoms with Crippen molar-refractivity contribution in [2.24, 2.45) is 0 Å². The SMILES string of the molecule is CC(C)(C)OC(=O)N[C@@H](Cc1nc(-c2ccccc2)co1)C(=O)OCc1ccccc1. The van der Waals surface area contributed by atoms with Gasteiger partial charge >= 0.3 is 12.1 Å². The topological polar surface area (TPSA) is 90.7 Å². The van der Waals surface area contributed by atoms with Crippen molar-refractivity contribution in [2.45, 2.75) is 45.4 Å². The number of hydrogen-bond acceptors (Lipinski definition) is 6. The minimum Gasteiger partial charge on any atom is -0.459 e. The van der Waals surface area contributed by atoms with Crippen molar-refractivity contribution in [1.82, 2.24) is 10.3 Å². The first-order valence-corrected chi connectivity index (χ1v) is 10.00. The highest BCUT2D eigenvalue weighted by Crippen LogP contribution is 2.19. The number of nitrogens with zero attached hydrogens (tertiary/aromatic N) is 1. The zero-order valence-corrected chi connectivity index (χ0v) is 17.8. The van der Waals surface area contributed by atoms with Gasteiger partial charge in [-0.1, -0.05) is 60.7 Å². The van der Waals surface area contributed by atoms with E-state index in [1.807, 2.05) is 60.7 Å². The van der Waals surface area contributed by atoms with E-state index in [0.29, 0.717) is 11.6 Å². The summed E-state index contributed by atoms with van der Waals surface area (Å²) in [5.74, 6) is -0.300. The van der Waals surface area contributed by atoms with Crippen molar-refractivity contribution in [2.75, 3.05) is 0 Å². The van der Waals surface area contributed by atoms with E-state index in [1.54, 1.807) is 20.8 Å². The van der Waals surface area contributed by atoms with Crippen LogP contribution in [0.4, 0.5) is 4.79 Å². The summed E-state index contributed by atoms with van der Waals surface area (Å²) in [7, 11) is 0. The number of carbonyl (C=O) groups excluding carboxylic acids is 2. The fourth-order valence-electron chi connectivity index (χ4n) is 2.79. The zero-order chi connectivity index (χ0) is 22.3. The van der Waals surface area contributed by atoms with Crippen LogP contribution in [-0.4, -0.2) is 28.7 Å². The molecule has 0 aliphatic carbocycles. The van der Waals surface area contributed by atoms with E-state index in [1.165, 1.54) is 6.26 Å². The van der Waals surface area contributed by atoms with Gasteiger partial charge in [0.15, 0.2) is 5.89 Å². The first kappa shape index (κ1) is 22.1. The van der Waals surface area contributed by atoms with Crippen LogP contribution in [-0.2, 0) is 27.3 Å². The molecule has 3 aromatic rings. The Kier molecular flexibility index (Phi) is 7.07. The van der Waals surface area contributed by atoms with Gasteiger partial charge in [0.1, 0.15) is 30.2 Å². The second-order valence-corrected chi connectivity index (χ2v) is 7.99. The predicted octanol–water partition coefficient (Wildman–Crippen LogP) is 4.52. The van der Waals surface area contributed by atoms with E-state index in [4.69, 9.17) is 13.9 Å². The Balaban J connectivity index is 1.71. The van der Waals surface area contributed by atoms with E-state index < -0.39 is 23.7 Å². The summed E-state index contributed by atoms with van der Waals surface area (Å²) >= 11 is 0. The van der Waals surface area contributed by atoms with Crippen molar-refractivity contribution >= 4 is 12.1 Å². The minimum atomic E-state index is -1.01. The lowest BCUT2D eigenvalue weighted by Crippen LogP contribution is -2.45. The fraction of sp³-hybridized carbons (Fsp3) is 0.292. The summed E-state index contributed by atoms with van der Waals surface area (Å²) in [4.78, 5) is 29.4. The number of carbonyl (C=O) groups is 2. The summed E-state index contributed by atoms with van der Waals surface area (Å²) < 4.78 is 16.2. The van der Waals surface area contributed by atoms with Gasteiger partial charge in [0.25, 0.3) is 0 Å². The van der Waals surface area contributed by atoms with Crippen LogP contribution < -0.4 is 5.32 Å². The monoisotopic (exact) mass is 422 g/mol. The third-order valence-electron chi connectivity index (χ3n) is 4.20. The smallest absolute Gasteiger partial charge is 0.408 e. The molecule has 2 aromatic carbocycles. The van der Waals surface area contributed by atoms with Crippen molar-refractivity contribution < 1.29 is 23.5 Å². The fourth-order valence-corrected chi connectivity index (χ4v) is 2.79. The molecular formula is C24H26N2O5. The molecule has 0 fully saturated rings. The van der Waals surface area contributed by atoms with E-state index >= 15 is 0 Å². The maximum absolute atomic E-state index is 12.7. The van der Waals surface area contributed by atoms with Gasteiger partial charge in [0, 0.05) is 5.56 Å². The molecular weight excluding hydrogens is 396 g/mol. The minimum absolute atomic E-state index is 0.0275. The number of alkyl carbamates (subject to hydrolysis) is 1. The quantitative estimate of drug-likeness (QED) is 0.563. The van der Waals surface area contributed by atoms with Crippen LogP contribution >= 0.6 is 0 Å². The molecule has 1 aromatic heterocycles. The number of hydrogen-bond donors (Lipinski definition) is 1. The van der Waals surface area contributed by atoms with Gasteiger partial charge in [0.2, 0.25) is 0 Å². The summed E-state index contributed by atoms with van der Waals surface area (Å²) in [6.07, 6.45) is 0.827. The molecule has 0 saturated heterocycles. The van der Waals surface area contributed by atoms with Crippen LogP contribution in [0.1, 0.15) is 32.2 Å². The molecule has 0 saturated carbocycles. The van der Waals surface area contributed by atoms with Crippen LogP contribution in [0.5, 0.6) is 0 Å². The zero-order valence-electron chi connectivity index (χ0n) is 17.8. The number of aromatic nitrogens is 1. The molecule has 0 spiro atoms. The summed E-state index contributed by atoms with van der Waals surface area (Å²) in [6.45, 7) is 5.33. The van der Waals surface area contributed by atoms with Gasteiger partial charge in [-0.3, -0.25) is 0 Å². The van der Waals surface area contributed by atoms with Crippen LogP contribution in [0.2, 0.25) is 0 Å². The number of oxazole rings is 1. The molecule has 3 rings (SSSR count). The molecule has 0 aliphatic heterocycles. The van der Waals surface area contributed by atoms with Crippen LogP contribution in [0.25, 0.3) is 11.3 Å². The van der Waals surface area contributed by atoms with E-state index in [9.17, 15) is 9.59 Å². The highest BCUT2D eigenvalue weighted by atomic mass is 16.6. The predicted molar refractivity (Wildman–Crippen MR) is 115 cm³/mol. The first-order chi connectivity index (χ1) is 14.8. The highest BCUT2D eigenvalue weighted by Gasteiger charge is 2.27. The molecule has 0 unspecified atom stereocenters. The molecule has 7 nitrogen and oxygen atoms in total. The van der Waals surface area contributed by atoms with Gasteiger partial charge in [-0.15, -0.1) is 0 Å². The Bertz CT molecular complexity index is 994. The van der Waals surface area contributed by atoms with Gasteiger partial charge in [0.05, 0.1) is 6.42 Å². The molecule has 31 heavy (non-hydrogen) atoms. The Morgan fingerprint density at radius 1 is 1.03 bits per heavy atom. The number of amides is 1. The second-order valence-electron chi connectivity index (χ2n) is 7.99. The molecule has 162 valence electrons. The highest BCUT2D eigenvalue weighted by molar-refractivity contribution is 5.81. The molecule has 1 heterocycles. The van der Waals surface area contributed by atoms with Crippen LogP contribution in [0.15, 0.2) is 71.3 Å². The lowest BCUT2D eigenvalue weighted by atomic mass is 10.2. The van der Waals surface area contributed by atoms with Gasteiger partial charge < -0.3 is 19.2 Å². The number of ether oxygens (including phenoxy) is 2. The largest absolute Gasteiger partial charge is 0.459 e. The average molecular weight is 422 g/mol. The van der Waals surface area contributed by atoms with Gasteiger partial charge in [-0.25, -0.2) is 14.6 Å². The molecule has 1 N–H and O–H groups in total. The number of nitrogens with one attached hydrogen (secondary N) is 1. The Labute approximate surface area is 181 Å². The van der Waals surface area contributed by atoms with E-state index in [2.05, 4.69) is 10.3 Å². The number of esters is 1. The van der Waals surface area contributed by atoms with Gasteiger partial charge in [-0.05, 0) is 26.3 Å². The Hall–Kier alpha value is -3.61. The maximum atomic E-state index is 12.7. The maximum Gasteiger partial charge on any atom is 0.408 e. The van der Waals surface area contributed by atoms with Gasteiger partial charge in [-0.2, -0.15) is 0 Å². The van der Waals surface area contributed by atoms with Crippen molar-refractivity contribution in [3.63, 3.8) is 0 Å².